The third-order valence-electron chi connectivity index (χ3n) is 2.90. The molecule has 0 aliphatic carbocycles. The van der Waals surface area contributed by atoms with Crippen LogP contribution in [0.2, 0.25) is 0 Å². The summed E-state index contributed by atoms with van der Waals surface area (Å²) in [5.41, 5.74) is 13.7. The molecule has 1 aliphatic heterocycles. The lowest BCUT2D eigenvalue weighted by Crippen LogP contribution is -2.35. The molecule has 0 amide bonds. The summed E-state index contributed by atoms with van der Waals surface area (Å²) >= 11 is 0. The Labute approximate surface area is 89.5 Å². The molecule has 4 heteroatoms. The standard InChI is InChI=1S/C11H17N3O/c12-10-2-1-8(7-11(10)13)14-5-3-9(15)4-6-14/h1-2,7,9,15H,3-6,12-13H2. The molecule has 4 nitrogen and oxygen atoms in total. The van der Waals surface area contributed by atoms with Gasteiger partial charge in [-0.3, -0.25) is 0 Å². The van der Waals surface area contributed by atoms with Crippen molar-refractivity contribution >= 4 is 17.1 Å². The van der Waals surface area contributed by atoms with Crippen LogP contribution in [-0.2, 0) is 0 Å². The minimum atomic E-state index is -0.146. The summed E-state index contributed by atoms with van der Waals surface area (Å²) in [7, 11) is 0. The summed E-state index contributed by atoms with van der Waals surface area (Å²) in [6, 6.07) is 5.70. The predicted molar refractivity (Wildman–Crippen MR) is 62.7 cm³/mol. The van der Waals surface area contributed by atoms with Crippen molar-refractivity contribution in [3.05, 3.63) is 18.2 Å². The van der Waals surface area contributed by atoms with Crippen LogP contribution in [0.4, 0.5) is 17.1 Å². The Balaban J connectivity index is 2.12. The van der Waals surface area contributed by atoms with Gasteiger partial charge < -0.3 is 21.5 Å². The third kappa shape index (κ3) is 2.15. The van der Waals surface area contributed by atoms with Crippen molar-refractivity contribution in [1.82, 2.24) is 0 Å². The number of hydrogen-bond donors (Lipinski definition) is 3. The number of rotatable bonds is 1. The highest BCUT2D eigenvalue weighted by atomic mass is 16.3. The summed E-state index contributed by atoms with van der Waals surface area (Å²) in [6.45, 7) is 1.76. The molecule has 0 unspecified atom stereocenters. The summed E-state index contributed by atoms with van der Waals surface area (Å²) < 4.78 is 0. The fourth-order valence-corrected chi connectivity index (χ4v) is 1.88. The Kier molecular flexibility index (Phi) is 2.68. The van der Waals surface area contributed by atoms with E-state index in [4.69, 9.17) is 11.5 Å². The minimum absolute atomic E-state index is 0.146. The number of nitrogen functional groups attached to an aromatic ring is 2. The SMILES string of the molecule is Nc1ccc(N2CCC(O)CC2)cc1N. The molecule has 15 heavy (non-hydrogen) atoms. The molecule has 5 N–H and O–H groups in total. The number of hydrogen-bond acceptors (Lipinski definition) is 4. The number of aliphatic hydroxyl groups is 1. The lowest BCUT2D eigenvalue weighted by Gasteiger charge is -2.31. The molecule has 1 aromatic rings. The van der Waals surface area contributed by atoms with E-state index >= 15 is 0 Å². The fraction of sp³-hybridized carbons (Fsp3) is 0.455. The fourth-order valence-electron chi connectivity index (χ4n) is 1.88. The van der Waals surface area contributed by atoms with Gasteiger partial charge in [-0.15, -0.1) is 0 Å². The van der Waals surface area contributed by atoms with Crippen molar-refractivity contribution in [2.24, 2.45) is 0 Å². The van der Waals surface area contributed by atoms with Gasteiger partial charge in [-0.25, -0.2) is 0 Å². The number of benzene rings is 1. The van der Waals surface area contributed by atoms with Crippen molar-refractivity contribution in [2.75, 3.05) is 29.5 Å². The highest BCUT2D eigenvalue weighted by Crippen LogP contribution is 2.25. The van der Waals surface area contributed by atoms with E-state index in [2.05, 4.69) is 4.90 Å². The molecule has 1 aliphatic rings. The molecule has 0 saturated carbocycles. The largest absolute Gasteiger partial charge is 0.397 e. The van der Waals surface area contributed by atoms with Gasteiger partial charge in [0.15, 0.2) is 0 Å². The van der Waals surface area contributed by atoms with E-state index in [0.717, 1.165) is 31.6 Å². The normalized spacial score (nSPS) is 18.1. The number of anilines is 3. The van der Waals surface area contributed by atoms with Crippen LogP contribution in [0.15, 0.2) is 18.2 Å². The molecule has 0 bridgehead atoms. The molecule has 0 radical (unpaired) electrons. The van der Waals surface area contributed by atoms with Crippen LogP contribution in [0, 0.1) is 0 Å². The highest BCUT2D eigenvalue weighted by molar-refractivity contribution is 5.69. The average Bonchev–Trinajstić information content (AvgIpc) is 2.23. The number of nitrogens with zero attached hydrogens (tertiary/aromatic N) is 1. The van der Waals surface area contributed by atoms with Gasteiger partial charge in [0.25, 0.3) is 0 Å². The van der Waals surface area contributed by atoms with E-state index < -0.39 is 0 Å². The molecule has 1 saturated heterocycles. The second-order valence-corrected chi connectivity index (χ2v) is 4.03. The first kappa shape index (κ1) is 10.1. The zero-order chi connectivity index (χ0) is 10.8. The van der Waals surface area contributed by atoms with Gasteiger partial charge >= 0.3 is 0 Å². The van der Waals surface area contributed by atoms with E-state index in [9.17, 15) is 5.11 Å². The predicted octanol–water partition coefficient (Wildman–Crippen LogP) is 0.812. The highest BCUT2D eigenvalue weighted by Gasteiger charge is 2.17. The Morgan fingerprint density at radius 1 is 1.13 bits per heavy atom. The van der Waals surface area contributed by atoms with Crippen LogP contribution in [-0.4, -0.2) is 24.3 Å². The molecular formula is C11H17N3O. The van der Waals surface area contributed by atoms with Crippen LogP contribution in [0.25, 0.3) is 0 Å². The second kappa shape index (κ2) is 3.98. The average molecular weight is 207 g/mol. The zero-order valence-electron chi connectivity index (χ0n) is 8.69. The lowest BCUT2D eigenvalue weighted by molar-refractivity contribution is 0.145. The summed E-state index contributed by atoms with van der Waals surface area (Å²) in [5.74, 6) is 0. The maximum Gasteiger partial charge on any atom is 0.0574 e. The molecule has 82 valence electrons. The van der Waals surface area contributed by atoms with Gasteiger partial charge in [0.2, 0.25) is 0 Å². The third-order valence-corrected chi connectivity index (χ3v) is 2.90. The first-order valence-electron chi connectivity index (χ1n) is 5.25. The van der Waals surface area contributed by atoms with Crippen LogP contribution < -0.4 is 16.4 Å². The molecule has 1 fully saturated rings. The van der Waals surface area contributed by atoms with Gasteiger partial charge in [0.05, 0.1) is 17.5 Å². The Morgan fingerprint density at radius 2 is 1.80 bits per heavy atom. The van der Waals surface area contributed by atoms with Gasteiger partial charge in [0, 0.05) is 18.8 Å². The zero-order valence-corrected chi connectivity index (χ0v) is 8.69. The Bertz CT molecular complexity index is 346. The monoisotopic (exact) mass is 207 g/mol. The van der Waals surface area contributed by atoms with Crippen LogP contribution in [0.1, 0.15) is 12.8 Å². The molecule has 0 spiro atoms. The van der Waals surface area contributed by atoms with Crippen molar-refractivity contribution < 1.29 is 5.11 Å². The number of aliphatic hydroxyl groups excluding tert-OH is 1. The molecule has 0 aromatic heterocycles. The molecular weight excluding hydrogens is 190 g/mol. The van der Waals surface area contributed by atoms with Crippen molar-refractivity contribution in [3.8, 4) is 0 Å². The van der Waals surface area contributed by atoms with E-state index in [1.807, 2.05) is 18.2 Å². The van der Waals surface area contributed by atoms with Crippen LogP contribution in [0.3, 0.4) is 0 Å². The molecule has 2 rings (SSSR count). The van der Waals surface area contributed by atoms with Crippen LogP contribution >= 0.6 is 0 Å². The van der Waals surface area contributed by atoms with Gasteiger partial charge in [-0.05, 0) is 31.0 Å². The number of nitrogens with two attached hydrogens (primary N) is 2. The molecule has 0 atom stereocenters. The van der Waals surface area contributed by atoms with E-state index in [1.54, 1.807) is 0 Å². The summed E-state index contributed by atoms with van der Waals surface area (Å²) in [6.07, 6.45) is 1.50. The van der Waals surface area contributed by atoms with Gasteiger partial charge in [-0.1, -0.05) is 0 Å². The van der Waals surface area contributed by atoms with Gasteiger partial charge in [-0.2, -0.15) is 0 Å². The first-order valence-corrected chi connectivity index (χ1v) is 5.25. The quantitative estimate of drug-likeness (QED) is 0.596. The maximum atomic E-state index is 9.40. The Morgan fingerprint density at radius 3 is 2.40 bits per heavy atom. The topological polar surface area (TPSA) is 75.5 Å². The van der Waals surface area contributed by atoms with Crippen molar-refractivity contribution in [3.63, 3.8) is 0 Å². The first-order chi connectivity index (χ1) is 7.16. The summed E-state index contributed by atoms with van der Waals surface area (Å²) in [5, 5.41) is 9.40. The van der Waals surface area contributed by atoms with Crippen molar-refractivity contribution in [1.29, 1.82) is 0 Å². The Hall–Kier alpha value is -1.42. The van der Waals surface area contributed by atoms with Gasteiger partial charge in [0.1, 0.15) is 0 Å². The molecule has 1 heterocycles. The van der Waals surface area contributed by atoms with E-state index in [1.165, 1.54) is 0 Å². The van der Waals surface area contributed by atoms with Crippen LogP contribution in [0.5, 0.6) is 0 Å². The number of piperidine rings is 1. The smallest absolute Gasteiger partial charge is 0.0574 e. The minimum Gasteiger partial charge on any atom is -0.397 e. The molecule has 1 aromatic carbocycles. The van der Waals surface area contributed by atoms with E-state index in [0.29, 0.717) is 11.4 Å². The maximum absolute atomic E-state index is 9.40. The second-order valence-electron chi connectivity index (χ2n) is 4.03. The van der Waals surface area contributed by atoms with Crippen molar-refractivity contribution in [2.45, 2.75) is 18.9 Å². The van der Waals surface area contributed by atoms with E-state index in [-0.39, 0.29) is 6.10 Å². The summed E-state index contributed by atoms with van der Waals surface area (Å²) in [4.78, 5) is 2.22. The lowest BCUT2D eigenvalue weighted by atomic mass is 10.1.